The molecule has 2 rings (SSSR count). The zero-order chi connectivity index (χ0) is 13.2. The second-order valence-corrected chi connectivity index (χ2v) is 6.48. The predicted molar refractivity (Wildman–Crippen MR) is 71.4 cm³/mol. The van der Waals surface area contributed by atoms with Crippen LogP contribution in [0, 0.1) is 11.8 Å². The summed E-state index contributed by atoms with van der Waals surface area (Å²) in [6.45, 7) is 5.04. The van der Waals surface area contributed by atoms with E-state index in [0.29, 0.717) is 6.42 Å². The molecule has 0 amide bonds. The van der Waals surface area contributed by atoms with E-state index in [1.807, 2.05) is 0 Å². The van der Waals surface area contributed by atoms with Gasteiger partial charge in [0.2, 0.25) is 0 Å². The molecule has 1 heterocycles. The van der Waals surface area contributed by atoms with Crippen LogP contribution in [0.25, 0.3) is 0 Å². The van der Waals surface area contributed by atoms with Crippen LogP contribution >= 0.6 is 0 Å². The average molecular weight is 254 g/mol. The fourth-order valence-corrected chi connectivity index (χ4v) is 3.50. The number of rotatable bonds is 5. The van der Waals surface area contributed by atoms with Gasteiger partial charge in [-0.2, -0.15) is 0 Å². The molecule has 3 N–H and O–H groups in total. The first kappa shape index (κ1) is 13.8. The lowest BCUT2D eigenvalue weighted by Crippen LogP contribution is -2.46. The summed E-state index contributed by atoms with van der Waals surface area (Å²) < 4.78 is 0. The third kappa shape index (κ3) is 3.45. The van der Waals surface area contributed by atoms with E-state index in [0.717, 1.165) is 24.8 Å². The van der Waals surface area contributed by atoms with Crippen LogP contribution < -0.4 is 5.73 Å². The number of piperidine rings is 1. The minimum Gasteiger partial charge on any atom is -0.480 e. The van der Waals surface area contributed by atoms with Gasteiger partial charge < -0.3 is 15.7 Å². The van der Waals surface area contributed by atoms with Gasteiger partial charge in [0.05, 0.1) is 0 Å². The molecular formula is C14H26N2O2. The quantitative estimate of drug-likeness (QED) is 0.783. The maximum absolute atomic E-state index is 10.9. The predicted octanol–water partition coefficient (Wildman–Crippen LogP) is 1.69. The molecule has 1 saturated carbocycles. The Hall–Kier alpha value is -0.610. The lowest BCUT2D eigenvalue weighted by Gasteiger charge is -2.41. The van der Waals surface area contributed by atoms with E-state index in [1.54, 1.807) is 6.92 Å². The Morgan fingerprint density at radius 3 is 2.56 bits per heavy atom. The molecule has 1 saturated heterocycles. The van der Waals surface area contributed by atoms with Gasteiger partial charge in [0.1, 0.15) is 5.54 Å². The molecule has 0 aromatic carbocycles. The number of nitrogens with zero attached hydrogens (tertiary/aromatic N) is 1. The van der Waals surface area contributed by atoms with Crippen LogP contribution in [0.15, 0.2) is 0 Å². The van der Waals surface area contributed by atoms with Gasteiger partial charge in [0.25, 0.3) is 0 Å². The van der Waals surface area contributed by atoms with Crippen molar-refractivity contribution in [3.05, 3.63) is 0 Å². The van der Waals surface area contributed by atoms with Crippen molar-refractivity contribution in [1.82, 2.24) is 4.90 Å². The Kier molecular flexibility index (Phi) is 4.28. The fourth-order valence-electron chi connectivity index (χ4n) is 3.50. The molecule has 0 radical (unpaired) electrons. The smallest absolute Gasteiger partial charge is 0.323 e. The summed E-state index contributed by atoms with van der Waals surface area (Å²) >= 11 is 0. The topological polar surface area (TPSA) is 66.6 Å². The highest BCUT2D eigenvalue weighted by atomic mass is 16.4. The summed E-state index contributed by atoms with van der Waals surface area (Å²) in [4.78, 5) is 13.4. The van der Waals surface area contributed by atoms with Crippen LogP contribution in [0.4, 0.5) is 0 Å². The maximum atomic E-state index is 10.9. The summed E-state index contributed by atoms with van der Waals surface area (Å²) in [5, 5.41) is 8.97. The normalized spacial score (nSPS) is 31.9. The first-order valence-electron chi connectivity index (χ1n) is 7.22. The summed E-state index contributed by atoms with van der Waals surface area (Å²) in [6.07, 6.45) is 7.05. The van der Waals surface area contributed by atoms with E-state index in [9.17, 15) is 4.79 Å². The summed E-state index contributed by atoms with van der Waals surface area (Å²) in [5.74, 6) is 0.889. The lowest BCUT2D eigenvalue weighted by molar-refractivity contribution is -0.143. The molecule has 1 aliphatic carbocycles. The van der Waals surface area contributed by atoms with Crippen LogP contribution in [-0.2, 0) is 4.79 Å². The molecular weight excluding hydrogens is 228 g/mol. The van der Waals surface area contributed by atoms with Crippen molar-refractivity contribution >= 4 is 5.97 Å². The summed E-state index contributed by atoms with van der Waals surface area (Å²) in [7, 11) is 0. The highest BCUT2D eigenvalue weighted by Gasteiger charge is 2.31. The molecule has 0 aromatic rings. The number of aliphatic carboxylic acids is 1. The highest BCUT2D eigenvalue weighted by Crippen LogP contribution is 2.34. The number of hydrogen-bond acceptors (Lipinski definition) is 3. The van der Waals surface area contributed by atoms with Gasteiger partial charge >= 0.3 is 5.97 Å². The molecule has 1 aliphatic heterocycles. The Morgan fingerprint density at radius 2 is 2.00 bits per heavy atom. The second-order valence-electron chi connectivity index (χ2n) is 6.48. The van der Waals surface area contributed by atoms with Crippen molar-refractivity contribution in [2.24, 2.45) is 17.6 Å². The summed E-state index contributed by atoms with van der Waals surface area (Å²) in [6, 6.07) is 0. The Morgan fingerprint density at radius 1 is 1.39 bits per heavy atom. The first-order chi connectivity index (χ1) is 8.47. The Labute approximate surface area is 110 Å². The van der Waals surface area contributed by atoms with Crippen molar-refractivity contribution in [2.45, 2.75) is 51.0 Å². The minimum absolute atomic E-state index is 0.564. The molecule has 3 unspecified atom stereocenters. The number of likely N-dealkylation sites (tertiary alicyclic amines) is 1. The van der Waals surface area contributed by atoms with E-state index in [4.69, 9.17) is 10.8 Å². The SMILES string of the molecule is CC(N)(CCCN1CC2CCCC(C2)C1)C(=O)O. The third-order valence-corrected chi connectivity index (χ3v) is 4.58. The monoisotopic (exact) mass is 254 g/mol. The van der Waals surface area contributed by atoms with E-state index in [-0.39, 0.29) is 0 Å². The largest absolute Gasteiger partial charge is 0.480 e. The molecule has 0 aromatic heterocycles. The number of carboxylic acids is 1. The van der Waals surface area contributed by atoms with Crippen LogP contribution in [-0.4, -0.2) is 41.1 Å². The van der Waals surface area contributed by atoms with E-state index < -0.39 is 11.5 Å². The van der Waals surface area contributed by atoms with Crippen molar-refractivity contribution in [3.63, 3.8) is 0 Å². The number of nitrogens with two attached hydrogens (primary N) is 1. The van der Waals surface area contributed by atoms with Gasteiger partial charge in [-0.3, -0.25) is 4.79 Å². The zero-order valence-electron chi connectivity index (χ0n) is 11.4. The number of carboxylic acid groups (broad SMARTS) is 1. The fraction of sp³-hybridized carbons (Fsp3) is 0.929. The zero-order valence-corrected chi connectivity index (χ0v) is 11.4. The van der Waals surface area contributed by atoms with Gasteiger partial charge in [-0.05, 0) is 57.4 Å². The Balaban J connectivity index is 1.72. The van der Waals surface area contributed by atoms with Gasteiger partial charge in [-0.15, -0.1) is 0 Å². The standard InChI is InChI=1S/C14H26N2O2/c1-14(15,13(17)18)6-3-7-16-9-11-4-2-5-12(8-11)10-16/h11-12H,2-10,15H2,1H3,(H,17,18). The molecule has 0 spiro atoms. The first-order valence-corrected chi connectivity index (χ1v) is 7.22. The minimum atomic E-state index is -1.06. The van der Waals surface area contributed by atoms with Crippen LogP contribution in [0.5, 0.6) is 0 Å². The molecule has 104 valence electrons. The highest BCUT2D eigenvalue weighted by molar-refractivity contribution is 5.77. The van der Waals surface area contributed by atoms with Crippen LogP contribution in [0.1, 0.15) is 45.4 Å². The average Bonchev–Trinajstić information content (AvgIpc) is 2.28. The van der Waals surface area contributed by atoms with Gasteiger partial charge in [0.15, 0.2) is 0 Å². The van der Waals surface area contributed by atoms with Gasteiger partial charge in [-0.25, -0.2) is 0 Å². The van der Waals surface area contributed by atoms with Gasteiger partial charge in [-0.1, -0.05) is 6.42 Å². The van der Waals surface area contributed by atoms with E-state index in [2.05, 4.69) is 4.90 Å². The molecule has 4 heteroatoms. The molecule has 18 heavy (non-hydrogen) atoms. The Bertz CT molecular complexity index is 292. The van der Waals surface area contributed by atoms with Crippen molar-refractivity contribution < 1.29 is 9.90 Å². The third-order valence-electron chi connectivity index (χ3n) is 4.58. The van der Waals surface area contributed by atoms with Crippen molar-refractivity contribution in [2.75, 3.05) is 19.6 Å². The van der Waals surface area contributed by atoms with Gasteiger partial charge in [0, 0.05) is 13.1 Å². The summed E-state index contributed by atoms with van der Waals surface area (Å²) in [5.41, 5.74) is 4.69. The second kappa shape index (κ2) is 5.57. The molecule has 2 bridgehead atoms. The van der Waals surface area contributed by atoms with Crippen molar-refractivity contribution in [1.29, 1.82) is 0 Å². The van der Waals surface area contributed by atoms with Crippen LogP contribution in [0.2, 0.25) is 0 Å². The number of fused-ring (bicyclic) bond motifs is 2. The number of carbonyl (C=O) groups is 1. The van der Waals surface area contributed by atoms with E-state index >= 15 is 0 Å². The molecule has 3 atom stereocenters. The molecule has 4 nitrogen and oxygen atoms in total. The van der Waals surface area contributed by atoms with Crippen LogP contribution in [0.3, 0.4) is 0 Å². The van der Waals surface area contributed by atoms with E-state index in [1.165, 1.54) is 38.8 Å². The maximum Gasteiger partial charge on any atom is 0.323 e. The molecule has 2 aliphatic rings. The van der Waals surface area contributed by atoms with Crippen molar-refractivity contribution in [3.8, 4) is 0 Å². The molecule has 2 fully saturated rings. The number of hydrogen-bond donors (Lipinski definition) is 2. The lowest BCUT2D eigenvalue weighted by atomic mass is 9.78.